The second-order valence-corrected chi connectivity index (χ2v) is 5.85. The Kier molecular flexibility index (Phi) is 4.22. The van der Waals surface area contributed by atoms with Gasteiger partial charge in [-0.05, 0) is 0 Å². The zero-order valence-corrected chi connectivity index (χ0v) is 12.3. The highest BCUT2D eigenvalue weighted by Gasteiger charge is 2.11. The minimum Gasteiger partial charge on any atom is -0.367 e. The van der Waals surface area contributed by atoms with E-state index in [4.69, 9.17) is 0 Å². The lowest BCUT2D eigenvalue weighted by atomic mass is 10.4. The lowest BCUT2D eigenvalue weighted by molar-refractivity contribution is 0.314. The molecule has 0 aromatic carbocycles. The number of anilines is 2. The first-order valence-corrected chi connectivity index (χ1v) is 7.95. The van der Waals surface area contributed by atoms with Crippen molar-refractivity contribution in [3.63, 3.8) is 0 Å². The number of aromatic nitrogens is 4. The molecular formula is C12H19N7S. The standard InChI is InChI=1S/C12H19N7S/c1-13-12-17-10(9-11(18-12)16-8-15-9)14-2-3-19-4-6-20-7-5-19/h8H,2-7H2,1H3,(H3,13,14,15,16,17,18). The number of aromatic amines is 1. The van der Waals surface area contributed by atoms with Crippen LogP contribution in [0.1, 0.15) is 0 Å². The van der Waals surface area contributed by atoms with Gasteiger partial charge >= 0.3 is 0 Å². The highest BCUT2D eigenvalue weighted by atomic mass is 32.2. The fourth-order valence-electron chi connectivity index (χ4n) is 2.23. The molecule has 0 aliphatic carbocycles. The molecule has 0 spiro atoms. The third-order valence-corrected chi connectivity index (χ3v) is 4.28. The molecule has 20 heavy (non-hydrogen) atoms. The van der Waals surface area contributed by atoms with Crippen molar-refractivity contribution < 1.29 is 0 Å². The number of hydrogen-bond donors (Lipinski definition) is 3. The minimum atomic E-state index is 0.585. The number of fused-ring (bicyclic) bond motifs is 1. The first-order valence-electron chi connectivity index (χ1n) is 6.79. The predicted molar refractivity (Wildman–Crippen MR) is 83.5 cm³/mol. The predicted octanol–water partition coefficient (Wildman–Crippen LogP) is 0.855. The van der Waals surface area contributed by atoms with Gasteiger partial charge in [-0.3, -0.25) is 4.90 Å². The number of H-pyrrole nitrogens is 1. The van der Waals surface area contributed by atoms with Crippen LogP contribution in [-0.4, -0.2) is 69.6 Å². The van der Waals surface area contributed by atoms with E-state index in [1.807, 2.05) is 18.8 Å². The molecule has 7 nitrogen and oxygen atoms in total. The highest BCUT2D eigenvalue weighted by Crippen LogP contribution is 2.18. The molecule has 0 bridgehead atoms. The zero-order valence-electron chi connectivity index (χ0n) is 11.5. The summed E-state index contributed by atoms with van der Waals surface area (Å²) in [6.07, 6.45) is 1.64. The molecule has 1 fully saturated rings. The van der Waals surface area contributed by atoms with Gasteiger partial charge in [0, 0.05) is 44.7 Å². The molecule has 0 saturated carbocycles. The van der Waals surface area contributed by atoms with Crippen LogP contribution in [0.4, 0.5) is 11.8 Å². The van der Waals surface area contributed by atoms with E-state index in [0.29, 0.717) is 11.6 Å². The van der Waals surface area contributed by atoms with Crippen LogP contribution in [-0.2, 0) is 0 Å². The monoisotopic (exact) mass is 293 g/mol. The molecule has 3 N–H and O–H groups in total. The van der Waals surface area contributed by atoms with Crippen molar-refractivity contribution in [3.05, 3.63) is 6.33 Å². The van der Waals surface area contributed by atoms with Crippen molar-refractivity contribution in [2.24, 2.45) is 0 Å². The third kappa shape index (κ3) is 2.96. The van der Waals surface area contributed by atoms with E-state index in [1.54, 1.807) is 6.33 Å². The summed E-state index contributed by atoms with van der Waals surface area (Å²) >= 11 is 2.03. The number of nitrogens with one attached hydrogen (secondary N) is 3. The molecule has 2 aromatic rings. The van der Waals surface area contributed by atoms with Crippen LogP contribution in [0.15, 0.2) is 6.33 Å². The Hall–Kier alpha value is -1.54. The fourth-order valence-corrected chi connectivity index (χ4v) is 3.21. The summed E-state index contributed by atoms with van der Waals surface area (Å²) in [5.41, 5.74) is 1.54. The molecular weight excluding hydrogens is 274 g/mol. The lowest BCUT2D eigenvalue weighted by Gasteiger charge is -2.26. The maximum atomic E-state index is 4.45. The van der Waals surface area contributed by atoms with Gasteiger partial charge in [-0.15, -0.1) is 0 Å². The molecule has 8 heteroatoms. The number of rotatable bonds is 5. The molecule has 1 aliphatic rings. The Bertz CT molecular complexity index is 564. The van der Waals surface area contributed by atoms with Gasteiger partial charge in [0.2, 0.25) is 5.95 Å². The Morgan fingerprint density at radius 3 is 3.00 bits per heavy atom. The summed E-state index contributed by atoms with van der Waals surface area (Å²) < 4.78 is 0. The van der Waals surface area contributed by atoms with Crippen molar-refractivity contribution in [2.45, 2.75) is 0 Å². The molecule has 0 radical (unpaired) electrons. The van der Waals surface area contributed by atoms with Gasteiger partial charge in [0.05, 0.1) is 6.33 Å². The van der Waals surface area contributed by atoms with E-state index < -0.39 is 0 Å². The first kappa shape index (κ1) is 13.4. The second-order valence-electron chi connectivity index (χ2n) is 4.63. The smallest absolute Gasteiger partial charge is 0.226 e. The van der Waals surface area contributed by atoms with Crippen molar-refractivity contribution >= 4 is 34.7 Å². The molecule has 1 saturated heterocycles. The third-order valence-electron chi connectivity index (χ3n) is 3.33. The summed E-state index contributed by atoms with van der Waals surface area (Å²) in [7, 11) is 1.81. The van der Waals surface area contributed by atoms with E-state index in [1.165, 1.54) is 24.6 Å². The van der Waals surface area contributed by atoms with E-state index in [-0.39, 0.29) is 0 Å². The van der Waals surface area contributed by atoms with Gasteiger partial charge in [0.1, 0.15) is 5.52 Å². The maximum Gasteiger partial charge on any atom is 0.226 e. The first-order chi connectivity index (χ1) is 9.86. The van der Waals surface area contributed by atoms with Crippen molar-refractivity contribution in [1.29, 1.82) is 0 Å². The van der Waals surface area contributed by atoms with Gasteiger partial charge in [-0.25, -0.2) is 4.98 Å². The van der Waals surface area contributed by atoms with Gasteiger partial charge in [0.15, 0.2) is 11.5 Å². The van der Waals surface area contributed by atoms with Crippen molar-refractivity contribution in [1.82, 2.24) is 24.8 Å². The van der Waals surface area contributed by atoms with E-state index in [2.05, 4.69) is 35.5 Å². The fraction of sp³-hybridized carbons (Fsp3) is 0.583. The average Bonchev–Trinajstić information content (AvgIpc) is 2.96. The number of nitrogens with zero attached hydrogens (tertiary/aromatic N) is 4. The van der Waals surface area contributed by atoms with Crippen LogP contribution in [0.25, 0.3) is 11.2 Å². The van der Waals surface area contributed by atoms with Crippen molar-refractivity contribution in [2.75, 3.05) is 55.4 Å². The quantitative estimate of drug-likeness (QED) is 0.754. The summed E-state index contributed by atoms with van der Waals surface area (Å²) in [4.78, 5) is 18.5. The highest BCUT2D eigenvalue weighted by molar-refractivity contribution is 7.99. The maximum absolute atomic E-state index is 4.45. The summed E-state index contributed by atoms with van der Waals surface area (Å²) in [5.74, 6) is 3.87. The van der Waals surface area contributed by atoms with E-state index >= 15 is 0 Å². The van der Waals surface area contributed by atoms with Crippen LogP contribution < -0.4 is 10.6 Å². The Balaban J connectivity index is 1.65. The molecule has 0 unspecified atom stereocenters. The number of hydrogen-bond acceptors (Lipinski definition) is 7. The van der Waals surface area contributed by atoms with Gasteiger partial charge in [0.25, 0.3) is 0 Å². The topological polar surface area (TPSA) is 81.8 Å². The number of thioether (sulfide) groups is 1. The molecule has 2 aromatic heterocycles. The Labute approximate surface area is 122 Å². The Morgan fingerprint density at radius 1 is 1.35 bits per heavy atom. The SMILES string of the molecule is CNc1nc(NCCN2CCSCC2)c2[nH]cnc2n1. The molecule has 0 amide bonds. The summed E-state index contributed by atoms with van der Waals surface area (Å²) in [6.45, 7) is 4.27. The molecule has 3 heterocycles. The Morgan fingerprint density at radius 2 is 2.20 bits per heavy atom. The zero-order chi connectivity index (χ0) is 13.8. The van der Waals surface area contributed by atoms with Crippen LogP contribution in [0.3, 0.4) is 0 Å². The van der Waals surface area contributed by atoms with E-state index in [9.17, 15) is 0 Å². The van der Waals surface area contributed by atoms with Gasteiger partial charge in [-0.2, -0.15) is 21.7 Å². The van der Waals surface area contributed by atoms with Crippen LogP contribution in [0, 0.1) is 0 Å². The van der Waals surface area contributed by atoms with Crippen LogP contribution >= 0.6 is 11.8 Å². The van der Waals surface area contributed by atoms with Gasteiger partial charge < -0.3 is 15.6 Å². The lowest BCUT2D eigenvalue weighted by Crippen LogP contribution is -2.36. The minimum absolute atomic E-state index is 0.585. The molecule has 108 valence electrons. The van der Waals surface area contributed by atoms with Crippen LogP contribution in [0.5, 0.6) is 0 Å². The molecule has 1 aliphatic heterocycles. The van der Waals surface area contributed by atoms with E-state index in [0.717, 1.165) is 24.4 Å². The second kappa shape index (κ2) is 6.27. The normalized spacial score (nSPS) is 16.4. The summed E-state index contributed by atoms with van der Waals surface area (Å²) in [5, 5.41) is 6.34. The summed E-state index contributed by atoms with van der Waals surface area (Å²) in [6, 6.07) is 0. The van der Waals surface area contributed by atoms with Crippen LogP contribution in [0.2, 0.25) is 0 Å². The number of imidazole rings is 1. The largest absolute Gasteiger partial charge is 0.367 e. The molecule has 3 rings (SSSR count). The molecule has 0 atom stereocenters. The van der Waals surface area contributed by atoms with Gasteiger partial charge in [-0.1, -0.05) is 0 Å². The van der Waals surface area contributed by atoms with Crippen molar-refractivity contribution in [3.8, 4) is 0 Å². The average molecular weight is 293 g/mol.